The summed E-state index contributed by atoms with van der Waals surface area (Å²) in [4.78, 5) is 17.1. The smallest absolute Gasteiger partial charge is 0.265 e. The molecule has 0 aromatic heterocycles. The van der Waals surface area contributed by atoms with E-state index in [9.17, 15) is 4.79 Å². The molecule has 0 aliphatic carbocycles. The van der Waals surface area contributed by atoms with Crippen molar-refractivity contribution < 1.29 is 14.3 Å². The average molecular weight is 387 g/mol. The van der Waals surface area contributed by atoms with Crippen molar-refractivity contribution in [1.29, 1.82) is 0 Å². The zero-order chi connectivity index (χ0) is 19.5. The molecule has 2 unspecified atom stereocenters. The van der Waals surface area contributed by atoms with E-state index in [1.165, 1.54) is 32.1 Å². The van der Waals surface area contributed by atoms with Gasteiger partial charge in [-0.15, -0.1) is 0 Å². The van der Waals surface area contributed by atoms with Crippen LogP contribution in [0.2, 0.25) is 0 Å². The molecular formula is C23H34N2O3. The van der Waals surface area contributed by atoms with Gasteiger partial charge < -0.3 is 14.4 Å². The molecule has 28 heavy (non-hydrogen) atoms. The van der Waals surface area contributed by atoms with E-state index >= 15 is 0 Å². The van der Waals surface area contributed by atoms with Crippen molar-refractivity contribution in [3.63, 3.8) is 0 Å². The molecule has 154 valence electrons. The van der Waals surface area contributed by atoms with E-state index in [1.54, 1.807) is 0 Å². The molecule has 0 spiro atoms. The lowest BCUT2D eigenvalue weighted by Gasteiger charge is -2.41. The van der Waals surface area contributed by atoms with E-state index in [0.717, 1.165) is 55.7 Å². The lowest BCUT2D eigenvalue weighted by molar-refractivity contribution is -0.121. The molecular weight excluding hydrogens is 352 g/mol. The van der Waals surface area contributed by atoms with Gasteiger partial charge in [0.25, 0.3) is 5.91 Å². The number of fused-ring (bicyclic) bond motifs is 3. The maximum atomic E-state index is 12.5. The van der Waals surface area contributed by atoms with E-state index in [-0.39, 0.29) is 12.5 Å². The van der Waals surface area contributed by atoms with Crippen molar-refractivity contribution in [2.24, 2.45) is 11.8 Å². The number of ether oxygens (including phenoxy) is 2. The Labute approximate surface area is 169 Å². The summed E-state index contributed by atoms with van der Waals surface area (Å²) in [7, 11) is 0. The number of nitrogens with zero attached hydrogens (tertiary/aromatic N) is 2. The summed E-state index contributed by atoms with van der Waals surface area (Å²) in [5.41, 5.74) is 0.920. The third kappa shape index (κ3) is 4.20. The minimum absolute atomic E-state index is 0.0724. The third-order valence-corrected chi connectivity index (χ3v) is 6.68. The van der Waals surface area contributed by atoms with Gasteiger partial charge in [0.1, 0.15) is 5.75 Å². The minimum Gasteiger partial charge on any atom is -0.482 e. The summed E-state index contributed by atoms with van der Waals surface area (Å²) in [6.07, 6.45) is 6.51. The number of anilines is 1. The monoisotopic (exact) mass is 386 g/mol. The molecule has 0 radical (unpaired) electrons. The quantitative estimate of drug-likeness (QED) is 0.639. The van der Waals surface area contributed by atoms with E-state index in [0.29, 0.717) is 5.92 Å². The SMILES string of the molecule is CCOCC[C@H]1CC2CC[C@@H](C1)N2CC(C)CN1C(=O)COc2ccccc21. The van der Waals surface area contributed by atoms with E-state index < -0.39 is 0 Å². The van der Waals surface area contributed by atoms with Gasteiger partial charge in [-0.25, -0.2) is 0 Å². The fourth-order valence-electron chi connectivity index (χ4n) is 5.40. The van der Waals surface area contributed by atoms with Crippen molar-refractivity contribution in [3.8, 4) is 5.75 Å². The van der Waals surface area contributed by atoms with Gasteiger partial charge in [-0.2, -0.15) is 0 Å². The second-order valence-corrected chi connectivity index (χ2v) is 8.77. The van der Waals surface area contributed by atoms with E-state index in [4.69, 9.17) is 9.47 Å². The molecule has 4 rings (SSSR count). The van der Waals surface area contributed by atoms with Crippen LogP contribution >= 0.6 is 0 Å². The highest BCUT2D eigenvalue weighted by Gasteiger charge is 2.41. The second-order valence-electron chi connectivity index (χ2n) is 8.77. The first-order chi connectivity index (χ1) is 13.7. The van der Waals surface area contributed by atoms with Crippen molar-refractivity contribution >= 4 is 11.6 Å². The number of carbonyl (C=O) groups excluding carboxylic acids is 1. The number of benzene rings is 1. The van der Waals surface area contributed by atoms with Gasteiger partial charge in [0, 0.05) is 38.4 Å². The highest BCUT2D eigenvalue weighted by atomic mass is 16.5. The summed E-state index contributed by atoms with van der Waals surface area (Å²) in [6.45, 7) is 8.10. The number of carbonyl (C=O) groups is 1. The highest BCUT2D eigenvalue weighted by Crippen LogP contribution is 2.40. The molecule has 1 amide bonds. The number of hydrogen-bond donors (Lipinski definition) is 0. The molecule has 0 N–H and O–H groups in total. The highest BCUT2D eigenvalue weighted by molar-refractivity contribution is 5.97. The maximum absolute atomic E-state index is 12.5. The van der Waals surface area contributed by atoms with Crippen LogP contribution in [0.1, 0.15) is 46.0 Å². The fourth-order valence-corrected chi connectivity index (χ4v) is 5.40. The molecule has 3 heterocycles. The minimum atomic E-state index is 0.0724. The first kappa shape index (κ1) is 19.7. The first-order valence-corrected chi connectivity index (χ1v) is 11.0. The molecule has 5 heteroatoms. The van der Waals surface area contributed by atoms with Crippen LogP contribution in [0.25, 0.3) is 0 Å². The number of piperidine rings is 1. The Bertz CT molecular complexity index is 666. The van der Waals surface area contributed by atoms with Gasteiger partial charge in [0.2, 0.25) is 0 Å². The number of amides is 1. The Morgan fingerprint density at radius 2 is 1.93 bits per heavy atom. The predicted octanol–water partition coefficient (Wildman–Crippen LogP) is 3.72. The van der Waals surface area contributed by atoms with Crippen molar-refractivity contribution in [1.82, 2.24) is 4.90 Å². The van der Waals surface area contributed by atoms with Crippen LogP contribution in [0.5, 0.6) is 5.75 Å². The van der Waals surface area contributed by atoms with Gasteiger partial charge in [-0.3, -0.25) is 9.69 Å². The van der Waals surface area contributed by atoms with Crippen molar-refractivity contribution in [2.75, 3.05) is 37.8 Å². The van der Waals surface area contributed by atoms with Crippen LogP contribution in [0.3, 0.4) is 0 Å². The molecule has 1 aromatic carbocycles. The number of hydrogen-bond acceptors (Lipinski definition) is 4. The second kappa shape index (κ2) is 8.83. The van der Waals surface area contributed by atoms with Gasteiger partial charge >= 0.3 is 0 Å². The maximum Gasteiger partial charge on any atom is 0.265 e. The van der Waals surface area contributed by atoms with E-state index in [1.807, 2.05) is 29.2 Å². The topological polar surface area (TPSA) is 42.0 Å². The van der Waals surface area contributed by atoms with Crippen LogP contribution < -0.4 is 9.64 Å². The summed E-state index contributed by atoms with van der Waals surface area (Å²) >= 11 is 0. The third-order valence-electron chi connectivity index (χ3n) is 6.68. The zero-order valence-electron chi connectivity index (χ0n) is 17.3. The summed E-state index contributed by atoms with van der Waals surface area (Å²) in [5.74, 6) is 2.16. The molecule has 2 bridgehead atoms. The standard InChI is InChI=1S/C23H34N2O3/c1-3-27-11-10-18-12-19-8-9-20(13-18)24(19)14-17(2)15-25-21-6-4-5-7-22(21)28-16-23(25)26/h4-7,17-20H,3,8-16H2,1-2H3/t17?,18-,19+,20?/m1/s1. The number of rotatable bonds is 8. The number of para-hydroxylation sites is 2. The Kier molecular flexibility index (Phi) is 6.22. The van der Waals surface area contributed by atoms with Crippen LogP contribution in [-0.2, 0) is 9.53 Å². The van der Waals surface area contributed by atoms with Crippen LogP contribution in [0, 0.1) is 11.8 Å². The van der Waals surface area contributed by atoms with Crippen LogP contribution in [0.15, 0.2) is 24.3 Å². The summed E-state index contributed by atoms with van der Waals surface area (Å²) in [5, 5.41) is 0. The van der Waals surface area contributed by atoms with Gasteiger partial charge in [0.15, 0.2) is 6.61 Å². The van der Waals surface area contributed by atoms with Crippen LogP contribution in [0.4, 0.5) is 5.69 Å². The molecule has 4 atom stereocenters. The molecule has 3 aliphatic heterocycles. The van der Waals surface area contributed by atoms with Crippen LogP contribution in [-0.4, -0.2) is 55.8 Å². The normalized spacial score (nSPS) is 28.1. The predicted molar refractivity (Wildman–Crippen MR) is 111 cm³/mol. The van der Waals surface area contributed by atoms with Gasteiger partial charge in [-0.1, -0.05) is 19.1 Å². The Morgan fingerprint density at radius 1 is 1.18 bits per heavy atom. The molecule has 2 fully saturated rings. The molecule has 3 aliphatic rings. The lowest BCUT2D eigenvalue weighted by atomic mass is 9.88. The molecule has 2 saturated heterocycles. The van der Waals surface area contributed by atoms with Gasteiger partial charge in [-0.05, 0) is 63.0 Å². The van der Waals surface area contributed by atoms with Crippen molar-refractivity contribution in [2.45, 2.75) is 58.0 Å². The van der Waals surface area contributed by atoms with Crippen molar-refractivity contribution in [3.05, 3.63) is 24.3 Å². The Morgan fingerprint density at radius 3 is 2.68 bits per heavy atom. The van der Waals surface area contributed by atoms with Gasteiger partial charge in [0.05, 0.1) is 5.69 Å². The Balaban J connectivity index is 1.34. The Hall–Kier alpha value is -1.59. The lowest BCUT2D eigenvalue weighted by Crippen LogP contribution is -2.48. The molecule has 1 aromatic rings. The largest absolute Gasteiger partial charge is 0.482 e. The fraction of sp³-hybridized carbons (Fsp3) is 0.696. The molecule has 0 saturated carbocycles. The zero-order valence-corrected chi connectivity index (χ0v) is 17.3. The first-order valence-electron chi connectivity index (χ1n) is 11.0. The summed E-state index contributed by atoms with van der Waals surface area (Å²) in [6, 6.07) is 9.33. The average Bonchev–Trinajstić information content (AvgIpc) is 2.92. The summed E-state index contributed by atoms with van der Waals surface area (Å²) < 4.78 is 11.2. The van der Waals surface area contributed by atoms with E-state index in [2.05, 4.69) is 18.7 Å². The molecule has 5 nitrogen and oxygen atoms in total.